The number of benzene rings is 2. The zero-order chi connectivity index (χ0) is 17.2. The van der Waals surface area contributed by atoms with Gasteiger partial charge >= 0.3 is 6.03 Å². The molecule has 1 atom stereocenters. The van der Waals surface area contributed by atoms with Crippen LogP contribution in [0.15, 0.2) is 61.2 Å². The second-order valence-electron chi connectivity index (χ2n) is 6.19. The number of carbonyl (C=O) groups excluding carboxylic acids is 1. The summed E-state index contributed by atoms with van der Waals surface area (Å²) in [6, 6.07) is 15.8. The molecule has 1 saturated heterocycles. The maximum atomic E-state index is 12.5. The minimum absolute atomic E-state index is 0.0999. The molecule has 0 aliphatic carbocycles. The molecule has 2 aromatic carbocycles. The Morgan fingerprint density at radius 2 is 2.00 bits per heavy atom. The average Bonchev–Trinajstić information content (AvgIpc) is 2.90. The van der Waals surface area contributed by atoms with E-state index in [0.29, 0.717) is 26.3 Å². The minimum Gasteiger partial charge on any atom is -0.489 e. The molecule has 5 nitrogen and oxygen atoms in total. The first-order valence-corrected chi connectivity index (χ1v) is 8.38. The summed E-state index contributed by atoms with van der Waals surface area (Å²) >= 11 is 0. The first-order chi connectivity index (χ1) is 12.3. The number of urea groups is 1. The summed E-state index contributed by atoms with van der Waals surface area (Å²) in [6.07, 6.45) is 1.64. The number of nitrogens with zero attached hydrogens (tertiary/aromatic N) is 2. The van der Waals surface area contributed by atoms with E-state index in [2.05, 4.69) is 6.58 Å². The van der Waals surface area contributed by atoms with E-state index in [1.165, 1.54) is 5.06 Å². The molecule has 2 aliphatic rings. The minimum atomic E-state index is -0.150. The van der Waals surface area contributed by atoms with Crippen LogP contribution in [0.3, 0.4) is 0 Å². The number of amides is 2. The highest BCUT2D eigenvalue weighted by Crippen LogP contribution is 2.42. The molecule has 1 unspecified atom stereocenters. The third kappa shape index (κ3) is 2.87. The molecule has 1 fully saturated rings. The highest BCUT2D eigenvalue weighted by atomic mass is 16.7. The molecule has 0 radical (unpaired) electrons. The van der Waals surface area contributed by atoms with Crippen molar-refractivity contribution in [2.24, 2.45) is 0 Å². The normalized spacial score (nSPS) is 18.2. The summed E-state index contributed by atoms with van der Waals surface area (Å²) in [5.41, 5.74) is 3.27. The molecule has 0 spiro atoms. The molecule has 128 valence electrons. The Labute approximate surface area is 147 Å². The van der Waals surface area contributed by atoms with Crippen molar-refractivity contribution in [3.05, 3.63) is 77.9 Å². The number of rotatable bonds is 6. The van der Waals surface area contributed by atoms with Crippen molar-refractivity contribution in [3.63, 3.8) is 0 Å². The van der Waals surface area contributed by atoms with Crippen LogP contribution in [0.5, 0.6) is 5.75 Å². The third-order valence-electron chi connectivity index (χ3n) is 4.55. The lowest BCUT2D eigenvalue weighted by Gasteiger charge is -2.27. The van der Waals surface area contributed by atoms with Gasteiger partial charge in [0.05, 0.1) is 13.2 Å². The molecule has 2 amide bonds. The van der Waals surface area contributed by atoms with E-state index in [-0.39, 0.29) is 12.1 Å². The molecule has 2 aliphatic heterocycles. The zero-order valence-electron chi connectivity index (χ0n) is 13.9. The van der Waals surface area contributed by atoms with Crippen molar-refractivity contribution in [2.45, 2.75) is 19.2 Å². The lowest BCUT2D eigenvalue weighted by atomic mass is 9.96. The molecule has 4 rings (SSSR count). The number of hydrogen-bond acceptors (Lipinski definition) is 3. The van der Waals surface area contributed by atoms with E-state index in [1.54, 1.807) is 11.0 Å². The number of carbonyl (C=O) groups is 1. The van der Waals surface area contributed by atoms with Crippen molar-refractivity contribution in [2.75, 3.05) is 13.2 Å². The largest absolute Gasteiger partial charge is 0.489 e. The maximum Gasteiger partial charge on any atom is 0.344 e. The van der Waals surface area contributed by atoms with Gasteiger partial charge in [-0.25, -0.2) is 4.79 Å². The highest BCUT2D eigenvalue weighted by Gasteiger charge is 2.45. The van der Waals surface area contributed by atoms with Gasteiger partial charge in [0.1, 0.15) is 18.4 Å². The standard InChI is InChI=1S/C20H20N2O3/c1-2-11-25-22-17-13-21(20(22)23)12-16-9-6-10-18(19(16)17)24-14-15-7-4-3-5-8-15/h2-10,17H,1,11-14H2. The zero-order valence-corrected chi connectivity index (χ0v) is 13.9. The van der Waals surface area contributed by atoms with Gasteiger partial charge in [0.15, 0.2) is 0 Å². The van der Waals surface area contributed by atoms with Gasteiger partial charge in [-0.1, -0.05) is 48.5 Å². The van der Waals surface area contributed by atoms with Crippen molar-refractivity contribution < 1.29 is 14.4 Å². The lowest BCUT2D eigenvalue weighted by Crippen LogP contribution is -2.30. The van der Waals surface area contributed by atoms with Gasteiger partial charge in [-0.15, -0.1) is 6.58 Å². The predicted molar refractivity (Wildman–Crippen MR) is 93.8 cm³/mol. The van der Waals surface area contributed by atoms with E-state index < -0.39 is 0 Å². The van der Waals surface area contributed by atoms with Gasteiger partial charge in [-0.05, 0) is 17.2 Å². The lowest BCUT2D eigenvalue weighted by molar-refractivity contribution is -0.119. The Morgan fingerprint density at radius 3 is 2.80 bits per heavy atom. The van der Waals surface area contributed by atoms with Crippen molar-refractivity contribution >= 4 is 6.03 Å². The quantitative estimate of drug-likeness (QED) is 0.756. The smallest absolute Gasteiger partial charge is 0.344 e. The number of hydrogen-bond donors (Lipinski definition) is 0. The van der Waals surface area contributed by atoms with Crippen LogP contribution in [0, 0.1) is 0 Å². The third-order valence-corrected chi connectivity index (χ3v) is 4.55. The number of ether oxygens (including phenoxy) is 1. The summed E-state index contributed by atoms with van der Waals surface area (Å²) < 4.78 is 6.10. The van der Waals surface area contributed by atoms with Crippen LogP contribution in [0.2, 0.25) is 0 Å². The van der Waals surface area contributed by atoms with Crippen LogP contribution in [0.25, 0.3) is 0 Å². The fraction of sp³-hybridized carbons (Fsp3) is 0.250. The topological polar surface area (TPSA) is 42.0 Å². The van der Waals surface area contributed by atoms with Gasteiger partial charge in [-0.3, -0.25) is 4.84 Å². The molecular formula is C20H20N2O3. The molecule has 2 aromatic rings. The van der Waals surface area contributed by atoms with Crippen LogP contribution < -0.4 is 4.74 Å². The van der Waals surface area contributed by atoms with Crippen molar-refractivity contribution in [3.8, 4) is 5.75 Å². The van der Waals surface area contributed by atoms with Crippen molar-refractivity contribution in [1.29, 1.82) is 0 Å². The summed E-state index contributed by atoms with van der Waals surface area (Å²) in [7, 11) is 0. The van der Waals surface area contributed by atoms with Crippen LogP contribution in [0.1, 0.15) is 22.7 Å². The monoisotopic (exact) mass is 336 g/mol. The Kier molecular flexibility index (Phi) is 4.15. The number of fused-ring (bicyclic) bond motifs is 4. The van der Waals surface area contributed by atoms with Gasteiger partial charge in [0.25, 0.3) is 0 Å². The van der Waals surface area contributed by atoms with E-state index >= 15 is 0 Å². The van der Waals surface area contributed by atoms with E-state index in [1.807, 2.05) is 48.5 Å². The van der Waals surface area contributed by atoms with Crippen molar-refractivity contribution in [1.82, 2.24) is 9.96 Å². The van der Waals surface area contributed by atoms with Gasteiger partial charge in [0, 0.05) is 12.1 Å². The molecule has 0 N–H and O–H groups in total. The molecule has 2 bridgehead atoms. The van der Waals surface area contributed by atoms with Crippen LogP contribution in [0.4, 0.5) is 4.79 Å². The second-order valence-corrected chi connectivity index (χ2v) is 6.19. The fourth-order valence-electron chi connectivity index (χ4n) is 3.42. The maximum absolute atomic E-state index is 12.5. The second kappa shape index (κ2) is 6.61. The highest BCUT2D eigenvalue weighted by molar-refractivity contribution is 5.78. The van der Waals surface area contributed by atoms with Crippen LogP contribution in [-0.2, 0) is 18.0 Å². The Bertz CT molecular complexity index is 791. The Morgan fingerprint density at radius 1 is 1.16 bits per heavy atom. The Hall–Kier alpha value is -2.79. The SMILES string of the molecule is C=CCON1C(=O)N2Cc3cccc(OCc4ccccc4)c3C1C2. The van der Waals surface area contributed by atoms with E-state index in [4.69, 9.17) is 9.57 Å². The van der Waals surface area contributed by atoms with Crippen LogP contribution in [-0.4, -0.2) is 29.1 Å². The average molecular weight is 336 g/mol. The fourth-order valence-corrected chi connectivity index (χ4v) is 3.42. The molecule has 25 heavy (non-hydrogen) atoms. The molecule has 5 heteroatoms. The first-order valence-electron chi connectivity index (χ1n) is 8.38. The summed E-state index contributed by atoms with van der Waals surface area (Å²) in [5, 5.41) is 1.46. The predicted octanol–water partition coefficient (Wildman–Crippen LogP) is 3.68. The first kappa shape index (κ1) is 15.7. The number of hydroxylamine groups is 2. The van der Waals surface area contributed by atoms with Gasteiger partial charge in [0.2, 0.25) is 0 Å². The molecular weight excluding hydrogens is 316 g/mol. The molecule has 0 aromatic heterocycles. The van der Waals surface area contributed by atoms with Crippen LogP contribution >= 0.6 is 0 Å². The molecule has 0 saturated carbocycles. The van der Waals surface area contributed by atoms with Gasteiger partial charge in [-0.2, -0.15) is 5.06 Å². The summed E-state index contributed by atoms with van der Waals surface area (Å²) in [6.45, 7) is 5.66. The molecule has 2 heterocycles. The summed E-state index contributed by atoms with van der Waals surface area (Å²) in [5.74, 6) is 0.813. The summed E-state index contributed by atoms with van der Waals surface area (Å²) in [4.78, 5) is 19.9. The van der Waals surface area contributed by atoms with E-state index in [0.717, 1.165) is 22.4 Å². The van der Waals surface area contributed by atoms with Gasteiger partial charge < -0.3 is 9.64 Å². The van der Waals surface area contributed by atoms with E-state index in [9.17, 15) is 4.79 Å². The Balaban J connectivity index is 1.62.